The highest BCUT2D eigenvalue weighted by atomic mass is 35.5. The summed E-state index contributed by atoms with van der Waals surface area (Å²) in [6.07, 6.45) is 0. The molecular weight excluding hydrogens is 220 g/mol. The zero-order chi connectivity index (χ0) is 12.1. The van der Waals surface area contributed by atoms with Crippen LogP contribution in [0.3, 0.4) is 0 Å². The number of hydrogen-bond acceptors (Lipinski definition) is 1. The van der Waals surface area contributed by atoms with Crippen LogP contribution >= 0.6 is 11.6 Å². The third-order valence-electron chi connectivity index (χ3n) is 3.02. The van der Waals surface area contributed by atoms with Gasteiger partial charge in [-0.1, -0.05) is 11.6 Å². The average Bonchev–Trinajstić information content (AvgIpc) is 2.38. The Morgan fingerprint density at radius 3 is 2.50 bits per heavy atom. The van der Waals surface area contributed by atoms with Gasteiger partial charge < -0.3 is 10.3 Å². The van der Waals surface area contributed by atoms with E-state index in [9.17, 15) is 0 Å². The zero-order valence-corrected chi connectivity index (χ0v) is 10.9. The van der Waals surface area contributed by atoms with Crippen LogP contribution in [0.2, 0.25) is 5.02 Å². The van der Waals surface area contributed by atoms with Gasteiger partial charge in [0.05, 0.1) is 5.54 Å². The van der Waals surface area contributed by atoms with Crippen molar-refractivity contribution in [3.63, 3.8) is 0 Å². The summed E-state index contributed by atoms with van der Waals surface area (Å²) in [5.41, 5.74) is 9.41. The Balaban J connectivity index is 2.87. The standard InChI is InChI=1S/C13H17ClN2/c1-8-10-7-9(14)5-6-11(10)16(4)12(8)13(2,3)15/h5-7H,15H2,1-4H3. The Morgan fingerprint density at radius 2 is 1.94 bits per heavy atom. The predicted molar refractivity (Wildman–Crippen MR) is 69.9 cm³/mol. The lowest BCUT2D eigenvalue weighted by Crippen LogP contribution is -2.31. The maximum Gasteiger partial charge on any atom is 0.0509 e. The van der Waals surface area contributed by atoms with Crippen molar-refractivity contribution < 1.29 is 0 Å². The molecule has 0 fully saturated rings. The lowest BCUT2D eigenvalue weighted by atomic mass is 9.98. The minimum absolute atomic E-state index is 0.343. The summed E-state index contributed by atoms with van der Waals surface area (Å²) in [6.45, 7) is 6.15. The van der Waals surface area contributed by atoms with Crippen molar-refractivity contribution in [1.82, 2.24) is 4.57 Å². The average molecular weight is 237 g/mol. The van der Waals surface area contributed by atoms with Crippen molar-refractivity contribution in [2.75, 3.05) is 0 Å². The number of hydrogen-bond donors (Lipinski definition) is 1. The first-order valence-electron chi connectivity index (χ1n) is 5.36. The summed E-state index contributed by atoms with van der Waals surface area (Å²) in [5.74, 6) is 0. The summed E-state index contributed by atoms with van der Waals surface area (Å²) < 4.78 is 2.15. The highest BCUT2D eigenvalue weighted by Gasteiger charge is 2.23. The van der Waals surface area contributed by atoms with Crippen molar-refractivity contribution in [3.05, 3.63) is 34.5 Å². The molecule has 2 N–H and O–H groups in total. The third kappa shape index (κ3) is 1.62. The molecule has 86 valence electrons. The molecule has 0 aliphatic heterocycles. The molecule has 0 spiro atoms. The van der Waals surface area contributed by atoms with Crippen LogP contribution in [0.1, 0.15) is 25.1 Å². The largest absolute Gasteiger partial charge is 0.346 e. The Bertz CT molecular complexity index is 547. The Morgan fingerprint density at radius 1 is 1.31 bits per heavy atom. The lowest BCUT2D eigenvalue weighted by Gasteiger charge is -2.21. The van der Waals surface area contributed by atoms with Gasteiger partial charge in [-0.3, -0.25) is 0 Å². The molecule has 1 heterocycles. The van der Waals surface area contributed by atoms with E-state index in [1.807, 2.05) is 39.1 Å². The molecule has 0 unspecified atom stereocenters. The van der Waals surface area contributed by atoms with Crippen LogP contribution in [0.4, 0.5) is 0 Å². The highest BCUT2D eigenvalue weighted by Crippen LogP contribution is 2.32. The van der Waals surface area contributed by atoms with Crippen molar-refractivity contribution in [3.8, 4) is 0 Å². The van der Waals surface area contributed by atoms with Crippen LogP contribution in [-0.2, 0) is 12.6 Å². The predicted octanol–water partition coefficient (Wildman–Crippen LogP) is 3.33. The smallest absolute Gasteiger partial charge is 0.0509 e. The van der Waals surface area contributed by atoms with Gasteiger partial charge in [-0.05, 0) is 44.5 Å². The van der Waals surface area contributed by atoms with Gasteiger partial charge in [-0.25, -0.2) is 0 Å². The number of aromatic nitrogens is 1. The second-order valence-corrected chi connectivity index (χ2v) is 5.35. The maximum absolute atomic E-state index is 6.21. The number of benzene rings is 1. The van der Waals surface area contributed by atoms with Crippen LogP contribution in [0.15, 0.2) is 18.2 Å². The van der Waals surface area contributed by atoms with E-state index < -0.39 is 0 Å². The molecule has 0 bridgehead atoms. The number of rotatable bonds is 1. The number of aryl methyl sites for hydroxylation is 2. The third-order valence-corrected chi connectivity index (χ3v) is 3.26. The van der Waals surface area contributed by atoms with Crippen molar-refractivity contribution in [2.45, 2.75) is 26.3 Å². The number of nitrogens with zero attached hydrogens (tertiary/aromatic N) is 1. The fourth-order valence-electron chi connectivity index (χ4n) is 2.52. The number of fused-ring (bicyclic) bond motifs is 1. The van der Waals surface area contributed by atoms with Crippen LogP contribution < -0.4 is 5.73 Å². The molecule has 2 nitrogen and oxygen atoms in total. The molecule has 0 saturated carbocycles. The summed E-state index contributed by atoms with van der Waals surface area (Å²) in [6, 6.07) is 5.96. The Kier molecular flexibility index (Phi) is 2.52. The van der Waals surface area contributed by atoms with Gasteiger partial charge in [0, 0.05) is 28.7 Å². The molecule has 2 rings (SSSR count). The summed E-state index contributed by atoms with van der Waals surface area (Å²) in [5, 5.41) is 1.95. The fraction of sp³-hybridized carbons (Fsp3) is 0.385. The van der Waals surface area contributed by atoms with E-state index in [2.05, 4.69) is 11.5 Å². The van der Waals surface area contributed by atoms with Crippen molar-refractivity contribution in [2.24, 2.45) is 12.8 Å². The maximum atomic E-state index is 6.21. The van der Waals surface area contributed by atoms with E-state index in [1.165, 1.54) is 16.5 Å². The van der Waals surface area contributed by atoms with Gasteiger partial charge in [-0.15, -0.1) is 0 Å². The van der Waals surface area contributed by atoms with Crippen LogP contribution in [0.25, 0.3) is 10.9 Å². The minimum Gasteiger partial charge on any atom is -0.346 e. The highest BCUT2D eigenvalue weighted by molar-refractivity contribution is 6.31. The van der Waals surface area contributed by atoms with E-state index in [1.54, 1.807) is 0 Å². The van der Waals surface area contributed by atoms with Crippen LogP contribution in [0.5, 0.6) is 0 Å². The van der Waals surface area contributed by atoms with Gasteiger partial charge in [-0.2, -0.15) is 0 Å². The molecule has 0 atom stereocenters. The Labute approximate surface area is 101 Å². The molecule has 0 aliphatic rings. The van der Waals surface area contributed by atoms with Crippen molar-refractivity contribution in [1.29, 1.82) is 0 Å². The topological polar surface area (TPSA) is 30.9 Å². The first kappa shape index (κ1) is 11.5. The van der Waals surface area contributed by atoms with Gasteiger partial charge >= 0.3 is 0 Å². The lowest BCUT2D eigenvalue weighted by molar-refractivity contribution is 0.513. The minimum atomic E-state index is -0.343. The van der Waals surface area contributed by atoms with Crippen molar-refractivity contribution >= 4 is 22.5 Å². The molecule has 0 saturated heterocycles. The van der Waals surface area contributed by atoms with Gasteiger partial charge in [0.2, 0.25) is 0 Å². The first-order valence-corrected chi connectivity index (χ1v) is 5.74. The second kappa shape index (κ2) is 3.51. The molecule has 1 aromatic heterocycles. The van der Waals surface area contributed by atoms with E-state index in [4.69, 9.17) is 17.3 Å². The zero-order valence-electron chi connectivity index (χ0n) is 10.1. The van der Waals surface area contributed by atoms with E-state index in [-0.39, 0.29) is 5.54 Å². The van der Waals surface area contributed by atoms with E-state index in [0.29, 0.717) is 0 Å². The first-order chi connectivity index (χ1) is 7.32. The molecule has 0 radical (unpaired) electrons. The quantitative estimate of drug-likeness (QED) is 0.809. The summed E-state index contributed by atoms with van der Waals surface area (Å²) in [4.78, 5) is 0. The molecular formula is C13H17ClN2. The van der Waals surface area contributed by atoms with Gasteiger partial charge in [0.1, 0.15) is 0 Å². The number of nitrogens with two attached hydrogens (primary N) is 1. The van der Waals surface area contributed by atoms with Crippen LogP contribution in [0, 0.1) is 6.92 Å². The number of halogens is 1. The normalized spacial score (nSPS) is 12.4. The summed E-state index contributed by atoms with van der Waals surface area (Å²) >= 11 is 6.03. The summed E-state index contributed by atoms with van der Waals surface area (Å²) in [7, 11) is 2.05. The van der Waals surface area contributed by atoms with E-state index in [0.717, 1.165) is 10.7 Å². The van der Waals surface area contributed by atoms with E-state index >= 15 is 0 Å². The second-order valence-electron chi connectivity index (χ2n) is 4.92. The molecule has 0 aliphatic carbocycles. The SMILES string of the molecule is Cc1c(C(C)(C)N)n(C)c2ccc(Cl)cc12. The molecule has 2 aromatic rings. The Hall–Kier alpha value is -0.990. The van der Waals surface area contributed by atoms with Gasteiger partial charge in [0.25, 0.3) is 0 Å². The fourth-order valence-corrected chi connectivity index (χ4v) is 2.69. The molecule has 0 amide bonds. The van der Waals surface area contributed by atoms with Crippen LogP contribution in [-0.4, -0.2) is 4.57 Å². The molecule has 16 heavy (non-hydrogen) atoms. The molecule has 1 aromatic carbocycles. The monoisotopic (exact) mass is 236 g/mol. The van der Waals surface area contributed by atoms with Gasteiger partial charge in [0.15, 0.2) is 0 Å². The molecule has 3 heteroatoms.